The van der Waals surface area contributed by atoms with Crippen molar-refractivity contribution < 1.29 is 13.7 Å². The van der Waals surface area contributed by atoms with Gasteiger partial charge in [-0.25, -0.2) is 0 Å². The lowest BCUT2D eigenvalue weighted by molar-refractivity contribution is 0.103. The van der Waals surface area contributed by atoms with Crippen molar-refractivity contribution in [3.63, 3.8) is 0 Å². The third-order valence-corrected chi connectivity index (χ3v) is 16.3. The van der Waals surface area contributed by atoms with E-state index in [-0.39, 0.29) is 21.3 Å². The molecule has 0 amide bonds. The molecule has 0 saturated heterocycles. The Hall–Kier alpha value is -3.39. The first-order chi connectivity index (χ1) is 20.5. The molecule has 0 unspecified atom stereocenters. The fourth-order valence-electron chi connectivity index (χ4n) is 5.50. The van der Waals surface area contributed by atoms with Crippen LogP contribution in [0.3, 0.4) is 0 Å². The monoisotopic (exact) mass is 610 g/mol. The number of rotatable bonds is 10. The molecule has 0 spiro atoms. The average molecular weight is 611 g/mol. The highest BCUT2D eigenvalue weighted by atomic mass is 28.4. The van der Waals surface area contributed by atoms with E-state index in [2.05, 4.69) is 55.4 Å². The standard InChI is InChI=1S/2C13H10O.C12H30OSi2/c2*14-13(11-7-3-1-4-8-11)12-9-5-2-6-10-12;1-9(2)14-13-15(10(3)4,11(5)6)12(7)8/h2*1-10H;9-12H,14H2,1-8H3. The van der Waals surface area contributed by atoms with E-state index in [1.54, 1.807) is 0 Å². The van der Waals surface area contributed by atoms with E-state index >= 15 is 0 Å². The lowest BCUT2D eigenvalue weighted by Gasteiger charge is -2.43. The van der Waals surface area contributed by atoms with E-state index in [1.165, 1.54) is 0 Å². The van der Waals surface area contributed by atoms with Crippen LogP contribution in [0.1, 0.15) is 87.2 Å². The summed E-state index contributed by atoms with van der Waals surface area (Å²) in [6.07, 6.45) is 0. The predicted molar refractivity (Wildman–Crippen MR) is 188 cm³/mol. The molecule has 4 rings (SSSR count). The number of carbonyl (C=O) groups excluding carboxylic acids is 2. The van der Waals surface area contributed by atoms with E-state index < -0.39 is 8.32 Å². The number of benzene rings is 4. The number of ketones is 2. The molecule has 0 N–H and O–H groups in total. The van der Waals surface area contributed by atoms with E-state index in [9.17, 15) is 9.59 Å². The quantitative estimate of drug-likeness (QED) is 0.133. The van der Waals surface area contributed by atoms with Gasteiger partial charge in [0.1, 0.15) is 9.76 Å². The minimum atomic E-state index is -1.53. The summed E-state index contributed by atoms with van der Waals surface area (Å²) in [6, 6.07) is 37.2. The summed E-state index contributed by atoms with van der Waals surface area (Å²) >= 11 is 0. The molecule has 0 aliphatic heterocycles. The second-order valence-corrected chi connectivity index (χ2v) is 20.4. The van der Waals surface area contributed by atoms with Crippen LogP contribution in [0.5, 0.6) is 0 Å². The number of hydrogen-bond donors (Lipinski definition) is 0. The molecule has 3 nitrogen and oxygen atoms in total. The molecule has 4 aromatic rings. The van der Waals surface area contributed by atoms with Gasteiger partial charge < -0.3 is 4.12 Å². The third-order valence-electron chi connectivity index (χ3n) is 7.52. The molecule has 43 heavy (non-hydrogen) atoms. The summed E-state index contributed by atoms with van der Waals surface area (Å²) < 4.78 is 6.55. The SMILES string of the molecule is CC(C)[SiH2]O[Si](C(C)C)(C(C)C)C(C)C.O=C(c1ccccc1)c1ccccc1.O=C(c1ccccc1)c1ccccc1. The van der Waals surface area contributed by atoms with Gasteiger partial charge in [0.25, 0.3) is 0 Å². The van der Waals surface area contributed by atoms with Crippen molar-refractivity contribution in [1.29, 1.82) is 0 Å². The summed E-state index contributed by atoms with van der Waals surface area (Å²) in [4.78, 5) is 23.7. The molecule has 4 aromatic carbocycles. The fraction of sp³-hybridized carbons (Fsp3) is 0.316. The summed E-state index contributed by atoms with van der Waals surface area (Å²) in [5.74, 6) is 0.150. The molecule has 5 heteroatoms. The van der Waals surface area contributed by atoms with E-state index in [0.29, 0.717) is 0 Å². The zero-order valence-electron chi connectivity index (χ0n) is 27.3. The second-order valence-electron chi connectivity index (χ2n) is 12.1. The van der Waals surface area contributed by atoms with Crippen LogP contribution in [0, 0.1) is 0 Å². The van der Waals surface area contributed by atoms with E-state index in [0.717, 1.165) is 44.4 Å². The largest absolute Gasteiger partial charge is 0.459 e. The molecule has 0 atom stereocenters. The van der Waals surface area contributed by atoms with Crippen LogP contribution in [0.4, 0.5) is 0 Å². The number of hydrogen-bond acceptors (Lipinski definition) is 3. The minimum Gasteiger partial charge on any atom is -0.459 e. The normalized spacial score (nSPS) is 11.3. The fourth-order valence-corrected chi connectivity index (χ4v) is 16.0. The van der Waals surface area contributed by atoms with Gasteiger partial charge in [-0.1, -0.05) is 177 Å². The van der Waals surface area contributed by atoms with Crippen molar-refractivity contribution in [3.05, 3.63) is 144 Å². The van der Waals surface area contributed by atoms with Crippen LogP contribution < -0.4 is 0 Å². The van der Waals surface area contributed by atoms with E-state index in [1.807, 2.05) is 121 Å². The Bertz CT molecular complexity index is 1150. The molecule has 0 aliphatic rings. The van der Waals surface area contributed by atoms with Gasteiger partial charge in [0.05, 0.1) is 0 Å². The summed E-state index contributed by atoms with van der Waals surface area (Å²) in [5.41, 5.74) is 5.94. The van der Waals surface area contributed by atoms with Crippen LogP contribution >= 0.6 is 0 Å². The summed E-state index contributed by atoms with van der Waals surface area (Å²) in [7, 11) is -1.85. The molecule has 0 aromatic heterocycles. The van der Waals surface area contributed by atoms with Gasteiger partial charge in [-0.3, -0.25) is 9.59 Å². The van der Waals surface area contributed by atoms with Gasteiger partial charge in [0, 0.05) is 22.3 Å². The van der Waals surface area contributed by atoms with Gasteiger partial charge >= 0.3 is 0 Å². The highest BCUT2D eigenvalue weighted by Crippen LogP contribution is 2.42. The Kier molecular flexibility index (Phi) is 15.3. The molecule has 0 aliphatic carbocycles. The zero-order chi connectivity index (χ0) is 31.8. The van der Waals surface area contributed by atoms with Crippen molar-refractivity contribution in [2.24, 2.45) is 0 Å². The summed E-state index contributed by atoms with van der Waals surface area (Å²) in [6.45, 7) is 18.8. The Morgan fingerprint density at radius 3 is 0.884 bits per heavy atom. The topological polar surface area (TPSA) is 43.4 Å². The maximum Gasteiger partial charge on any atom is 0.193 e. The first-order valence-corrected chi connectivity index (χ1v) is 19.0. The molecule has 228 valence electrons. The molecular weight excluding hydrogens is 561 g/mol. The van der Waals surface area contributed by atoms with Gasteiger partial charge in [0.2, 0.25) is 0 Å². The van der Waals surface area contributed by atoms with Crippen LogP contribution in [0.25, 0.3) is 0 Å². The minimum absolute atomic E-state index is 0.0752. The first kappa shape index (κ1) is 35.8. The van der Waals surface area contributed by atoms with Gasteiger partial charge in [0.15, 0.2) is 19.9 Å². The lowest BCUT2D eigenvalue weighted by Crippen LogP contribution is -2.48. The number of carbonyl (C=O) groups is 2. The molecule has 0 fully saturated rings. The Morgan fingerprint density at radius 1 is 0.465 bits per heavy atom. The molecule has 0 saturated carbocycles. The average Bonchev–Trinajstić information content (AvgIpc) is 3.02. The molecule has 0 heterocycles. The lowest BCUT2D eigenvalue weighted by atomic mass is 10.0. The van der Waals surface area contributed by atoms with Gasteiger partial charge in [-0.15, -0.1) is 0 Å². The Labute approximate surface area is 263 Å². The van der Waals surface area contributed by atoms with E-state index in [4.69, 9.17) is 4.12 Å². The smallest absolute Gasteiger partial charge is 0.193 e. The maximum absolute atomic E-state index is 11.8. The van der Waals surface area contributed by atoms with Crippen LogP contribution in [0.15, 0.2) is 121 Å². The highest BCUT2D eigenvalue weighted by Gasteiger charge is 2.44. The zero-order valence-corrected chi connectivity index (χ0v) is 29.7. The van der Waals surface area contributed by atoms with Crippen LogP contribution in [0.2, 0.25) is 22.2 Å². The molecular formula is C38H50O3Si2. The highest BCUT2D eigenvalue weighted by molar-refractivity contribution is 6.81. The van der Waals surface area contributed by atoms with Crippen molar-refractivity contribution >= 4 is 29.6 Å². The summed E-state index contributed by atoms with van der Waals surface area (Å²) in [5, 5.41) is 0. The first-order valence-electron chi connectivity index (χ1n) is 15.4. The Balaban J connectivity index is 0.000000225. The van der Waals surface area contributed by atoms with Gasteiger partial charge in [-0.2, -0.15) is 0 Å². The van der Waals surface area contributed by atoms with Crippen molar-refractivity contribution in [2.45, 2.75) is 77.6 Å². The van der Waals surface area contributed by atoms with Crippen molar-refractivity contribution in [3.8, 4) is 0 Å². The van der Waals surface area contributed by atoms with Gasteiger partial charge in [-0.05, 0) is 22.2 Å². The second kappa shape index (κ2) is 18.3. The predicted octanol–water partition coefficient (Wildman–Crippen LogP) is 9.93. The molecule has 0 radical (unpaired) electrons. The third kappa shape index (κ3) is 11.0. The maximum atomic E-state index is 11.8. The Morgan fingerprint density at radius 2 is 0.698 bits per heavy atom. The van der Waals surface area contributed by atoms with Crippen molar-refractivity contribution in [1.82, 2.24) is 0 Å². The van der Waals surface area contributed by atoms with Crippen LogP contribution in [-0.2, 0) is 4.12 Å². The van der Waals surface area contributed by atoms with Crippen molar-refractivity contribution in [2.75, 3.05) is 0 Å². The molecule has 0 bridgehead atoms. The van der Waals surface area contributed by atoms with Crippen LogP contribution in [-0.4, -0.2) is 29.6 Å².